The van der Waals surface area contributed by atoms with Gasteiger partial charge in [0.25, 0.3) is 0 Å². The lowest BCUT2D eigenvalue weighted by Crippen LogP contribution is -2.36. The third-order valence-electron chi connectivity index (χ3n) is 2.62. The van der Waals surface area contributed by atoms with Gasteiger partial charge in [-0.1, -0.05) is 30.3 Å². The summed E-state index contributed by atoms with van der Waals surface area (Å²) in [4.78, 5) is 4.54. The van der Waals surface area contributed by atoms with E-state index in [-0.39, 0.29) is 0 Å². The molecule has 0 radical (unpaired) electrons. The summed E-state index contributed by atoms with van der Waals surface area (Å²) in [7, 11) is 0. The first-order chi connectivity index (χ1) is 9.38. The molecule has 2 aromatic rings. The minimum atomic E-state index is 0.633. The number of hydrogen-bond acceptors (Lipinski definition) is 2. The maximum absolute atomic E-state index is 5.28. The molecular formula is C15H19N3O. The van der Waals surface area contributed by atoms with Crippen LogP contribution >= 0.6 is 0 Å². The average molecular weight is 257 g/mol. The number of nitrogens with one attached hydrogen (secondary N) is 2. The van der Waals surface area contributed by atoms with Gasteiger partial charge in [-0.25, -0.2) is 4.99 Å². The highest BCUT2D eigenvalue weighted by atomic mass is 16.3. The van der Waals surface area contributed by atoms with Crippen LogP contribution in [0.25, 0.3) is 0 Å². The van der Waals surface area contributed by atoms with Gasteiger partial charge in [-0.05, 0) is 24.6 Å². The van der Waals surface area contributed by atoms with E-state index in [1.807, 2.05) is 37.3 Å². The molecular weight excluding hydrogens is 238 g/mol. The van der Waals surface area contributed by atoms with Crippen LogP contribution in [0, 0.1) is 0 Å². The number of aliphatic imine (C=N–C) groups is 1. The monoisotopic (exact) mass is 257 g/mol. The summed E-state index contributed by atoms with van der Waals surface area (Å²) in [5.74, 6) is 1.69. The van der Waals surface area contributed by atoms with Crippen molar-refractivity contribution < 1.29 is 4.42 Å². The molecule has 0 amide bonds. The van der Waals surface area contributed by atoms with Crippen LogP contribution in [0.2, 0.25) is 0 Å². The van der Waals surface area contributed by atoms with Crippen LogP contribution < -0.4 is 10.6 Å². The van der Waals surface area contributed by atoms with Crippen molar-refractivity contribution in [3.05, 3.63) is 60.1 Å². The zero-order valence-electron chi connectivity index (χ0n) is 11.1. The first-order valence-corrected chi connectivity index (χ1v) is 6.47. The second-order valence-corrected chi connectivity index (χ2v) is 4.11. The van der Waals surface area contributed by atoms with Crippen LogP contribution in [0.5, 0.6) is 0 Å². The highest BCUT2D eigenvalue weighted by Gasteiger charge is 1.99. The molecule has 100 valence electrons. The summed E-state index contributed by atoms with van der Waals surface area (Å²) in [5, 5.41) is 6.45. The largest absolute Gasteiger partial charge is 0.467 e. The van der Waals surface area contributed by atoms with E-state index < -0.39 is 0 Å². The van der Waals surface area contributed by atoms with Gasteiger partial charge in [0.2, 0.25) is 0 Å². The summed E-state index contributed by atoms with van der Waals surface area (Å²) in [6.45, 7) is 4.17. The molecule has 4 nitrogen and oxygen atoms in total. The fourth-order valence-corrected chi connectivity index (χ4v) is 1.68. The van der Waals surface area contributed by atoms with Crippen molar-refractivity contribution in [2.24, 2.45) is 4.99 Å². The average Bonchev–Trinajstić information content (AvgIpc) is 2.96. The Hall–Kier alpha value is -2.23. The maximum atomic E-state index is 5.28. The molecule has 0 aliphatic heterocycles. The molecule has 0 atom stereocenters. The fourth-order valence-electron chi connectivity index (χ4n) is 1.68. The topological polar surface area (TPSA) is 49.6 Å². The highest BCUT2D eigenvalue weighted by molar-refractivity contribution is 5.79. The second-order valence-electron chi connectivity index (χ2n) is 4.11. The van der Waals surface area contributed by atoms with Crippen LogP contribution in [-0.2, 0) is 13.1 Å². The van der Waals surface area contributed by atoms with E-state index in [0.29, 0.717) is 13.1 Å². The van der Waals surface area contributed by atoms with E-state index in [1.165, 1.54) is 5.56 Å². The predicted molar refractivity (Wildman–Crippen MR) is 76.8 cm³/mol. The van der Waals surface area contributed by atoms with Crippen LogP contribution in [0.1, 0.15) is 18.2 Å². The number of benzene rings is 1. The van der Waals surface area contributed by atoms with Crippen molar-refractivity contribution in [2.45, 2.75) is 20.0 Å². The van der Waals surface area contributed by atoms with Crippen molar-refractivity contribution in [1.29, 1.82) is 0 Å². The summed E-state index contributed by atoms with van der Waals surface area (Å²) in [5.41, 5.74) is 1.19. The van der Waals surface area contributed by atoms with Crippen molar-refractivity contribution >= 4 is 5.96 Å². The minimum absolute atomic E-state index is 0.633. The molecule has 0 aliphatic rings. The lowest BCUT2D eigenvalue weighted by atomic mass is 10.2. The minimum Gasteiger partial charge on any atom is -0.467 e. The predicted octanol–water partition coefficient (Wildman–Crippen LogP) is 2.53. The second kappa shape index (κ2) is 7.26. The molecule has 0 fully saturated rings. The van der Waals surface area contributed by atoms with Crippen LogP contribution in [0.4, 0.5) is 0 Å². The molecule has 2 N–H and O–H groups in total. The lowest BCUT2D eigenvalue weighted by Gasteiger charge is -2.10. The zero-order valence-corrected chi connectivity index (χ0v) is 11.1. The Morgan fingerprint density at radius 3 is 2.63 bits per heavy atom. The Balaban J connectivity index is 1.91. The maximum Gasteiger partial charge on any atom is 0.191 e. The normalized spacial score (nSPS) is 11.3. The van der Waals surface area contributed by atoms with Crippen molar-refractivity contribution in [2.75, 3.05) is 6.54 Å². The number of guanidine groups is 1. The van der Waals surface area contributed by atoms with Gasteiger partial charge in [0.15, 0.2) is 5.96 Å². The van der Waals surface area contributed by atoms with E-state index in [4.69, 9.17) is 4.42 Å². The molecule has 0 spiro atoms. The van der Waals surface area contributed by atoms with Crippen molar-refractivity contribution in [3.8, 4) is 0 Å². The van der Waals surface area contributed by atoms with Gasteiger partial charge in [0.05, 0.1) is 19.4 Å². The van der Waals surface area contributed by atoms with Crippen LogP contribution in [-0.4, -0.2) is 12.5 Å². The van der Waals surface area contributed by atoms with E-state index >= 15 is 0 Å². The van der Waals surface area contributed by atoms with E-state index in [0.717, 1.165) is 18.3 Å². The molecule has 4 heteroatoms. The Morgan fingerprint density at radius 1 is 1.11 bits per heavy atom. The van der Waals surface area contributed by atoms with Crippen LogP contribution in [0.3, 0.4) is 0 Å². The standard InChI is InChI=1S/C15H19N3O/c1-2-16-15(18-12-14-9-6-10-19-14)17-11-13-7-4-3-5-8-13/h3-10H,2,11-12H2,1H3,(H2,16,17,18). The first-order valence-electron chi connectivity index (χ1n) is 6.47. The third kappa shape index (κ3) is 4.50. The molecule has 1 aromatic heterocycles. The van der Waals surface area contributed by atoms with Gasteiger partial charge in [-0.3, -0.25) is 0 Å². The molecule has 0 bridgehead atoms. The molecule has 19 heavy (non-hydrogen) atoms. The molecule has 1 heterocycles. The van der Waals surface area contributed by atoms with Crippen LogP contribution in [0.15, 0.2) is 58.1 Å². The molecule has 0 saturated carbocycles. The van der Waals surface area contributed by atoms with E-state index in [2.05, 4.69) is 27.8 Å². The van der Waals surface area contributed by atoms with Gasteiger partial charge in [0, 0.05) is 6.54 Å². The number of furan rings is 1. The van der Waals surface area contributed by atoms with Crippen molar-refractivity contribution in [3.63, 3.8) is 0 Å². The molecule has 2 rings (SSSR count). The van der Waals surface area contributed by atoms with Gasteiger partial charge in [0.1, 0.15) is 5.76 Å². The van der Waals surface area contributed by atoms with Gasteiger partial charge in [-0.15, -0.1) is 0 Å². The van der Waals surface area contributed by atoms with Gasteiger partial charge < -0.3 is 15.1 Å². The first kappa shape index (κ1) is 13.2. The van der Waals surface area contributed by atoms with Crippen molar-refractivity contribution in [1.82, 2.24) is 10.6 Å². The quantitative estimate of drug-likeness (QED) is 0.639. The molecule has 1 aromatic carbocycles. The van der Waals surface area contributed by atoms with E-state index in [1.54, 1.807) is 6.26 Å². The number of nitrogens with zero attached hydrogens (tertiary/aromatic N) is 1. The summed E-state index contributed by atoms with van der Waals surface area (Å²) >= 11 is 0. The zero-order chi connectivity index (χ0) is 13.3. The van der Waals surface area contributed by atoms with Gasteiger partial charge >= 0.3 is 0 Å². The molecule has 0 unspecified atom stereocenters. The molecule has 0 aliphatic carbocycles. The number of hydrogen-bond donors (Lipinski definition) is 2. The summed E-state index contributed by atoms with van der Waals surface area (Å²) < 4.78 is 5.28. The van der Waals surface area contributed by atoms with E-state index in [9.17, 15) is 0 Å². The smallest absolute Gasteiger partial charge is 0.191 e. The summed E-state index contributed by atoms with van der Waals surface area (Å²) in [6.07, 6.45) is 1.67. The summed E-state index contributed by atoms with van der Waals surface area (Å²) in [6, 6.07) is 14.0. The third-order valence-corrected chi connectivity index (χ3v) is 2.62. The Bertz CT molecular complexity index is 491. The highest BCUT2D eigenvalue weighted by Crippen LogP contribution is 2.01. The Labute approximate surface area is 113 Å². The SMILES string of the molecule is CCNC(=NCc1ccccc1)NCc1ccco1. The molecule has 0 saturated heterocycles. The Kier molecular flexibility index (Phi) is 5.05. The Morgan fingerprint density at radius 2 is 1.95 bits per heavy atom. The number of rotatable bonds is 5. The lowest BCUT2D eigenvalue weighted by molar-refractivity contribution is 0.501. The van der Waals surface area contributed by atoms with Gasteiger partial charge in [-0.2, -0.15) is 0 Å². The fraction of sp³-hybridized carbons (Fsp3) is 0.267.